The molecule has 2 unspecified atom stereocenters. The van der Waals surface area contributed by atoms with Crippen LogP contribution in [0.3, 0.4) is 0 Å². The number of ether oxygens (including phenoxy) is 1. The predicted octanol–water partition coefficient (Wildman–Crippen LogP) is 0.338. The zero-order valence-corrected chi connectivity index (χ0v) is 8.78. The van der Waals surface area contributed by atoms with Crippen LogP contribution >= 0.6 is 0 Å². The lowest BCUT2D eigenvalue weighted by molar-refractivity contribution is 0.0309. The third-order valence-corrected chi connectivity index (χ3v) is 2.72. The predicted molar refractivity (Wildman–Crippen MR) is 54.7 cm³/mol. The van der Waals surface area contributed by atoms with Crippen LogP contribution in [-0.4, -0.2) is 43.8 Å². The van der Waals surface area contributed by atoms with Crippen molar-refractivity contribution < 1.29 is 4.74 Å². The molecule has 4 heteroatoms. The molecule has 0 amide bonds. The molecule has 0 aromatic rings. The number of nitrogens with two attached hydrogens (primary N) is 1. The summed E-state index contributed by atoms with van der Waals surface area (Å²) in [5, 5.41) is 8.54. The minimum atomic E-state index is -0.321. The van der Waals surface area contributed by atoms with Gasteiger partial charge in [0.05, 0.1) is 18.2 Å². The number of nitriles is 1. The summed E-state index contributed by atoms with van der Waals surface area (Å²) in [4.78, 5) is 2.33. The summed E-state index contributed by atoms with van der Waals surface area (Å²) in [7, 11) is 1.76. The van der Waals surface area contributed by atoms with E-state index in [9.17, 15) is 0 Å². The monoisotopic (exact) mass is 197 g/mol. The van der Waals surface area contributed by atoms with Crippen molar-refractivity contribution >= 4 is 0 Å². The molecule has 1 heterocycles. The molecule has 0 spiro atoms. The zero-order chi connectivity index (χ0) is 10.4. The average molecular weight is 197 g/mol. The molecule has 1 rings (SSSR count). The van der Waals surface area contributed by atoms with E-state index in [-0.39, 0.29) is 6.04 Å². The Labute approximate surface area is 85.6 Å². The van der Waals surface area contributed by atoms with Crippen molar-refractivity contribution in [2.45, 2.75) is 31.4 Å². The van der Waals surface area contributed by atoms with Crippen LogP contribution in [0, 0.1) is 11.3 Å². The fraction of sp³-hybridized carbons (Fsp3) is 0.900. The van der Waals surface area contributed by atoms with Gasteiger partial charge in [-0.3, -0.25) is 0 Å². The van der Waals surface area contributed by atoms with Gasteiger partial charge in [-0.2, -0.15) is 5.26 Å². The highest BCUT2D eigenvalue weighted by molar-refractivity contribution is 4.87. The molecule has 80 valence electrons. The molecule has 0 aromatic heterocycles. The third-order valence-electron chi connectivity index (χ3n) is 2.72. The molecule has 0 saturated carbocycles. The molecule has 1 fully saturated rings. The Bertz CT molecular complexity index is 202. The molecular weight excluding hydrogens is 178 g/mol. The van der Waals surface area contributed by atoms with Crippen LogP contribution in [0.5, 0.6) is 0 Å². The van der Waals surface area contributed by atoms with Crippen molar-refractivity contribution in [1.29, 1.82) is 5.26 Å². The molecule has 2 atom stereocenters. The van der Waals surface area contributed by atoms with Gasteiger partial charge in [0.25, 0.3) is 0 Å². The first-order valence-corrected chi connectivity index (χ1v) is 5.16. The van der Waals surface area contributed by atoms with Gasteiger partial charge in [0.1, 0.15) is 0 Å². The van der Waals surface area contributed by atoms with E-state index in [2.05, 4.69) is 4.90 Å². The van der Waals surface area contributed by atoms with E-state index < -0.39 is 0 Å². The number of hydrogen-bond acceptors (Lipinski definition) is 4. The Kier molecular flexibility index (Phi) is 4.88. The summed E-state index contributed by atoms with van der Waals surface area (Å²) in [6.07, 6.45) is 3.45. The fourth-order valence-corrected chi connectivity index (χ4v) is 1.79. The smallest absolute Gasteiger partial charge is 0.0940 e. The van der Waals surface area contributed by atoms with Crippen LogP contribution in [0.2, 0.25) is 0 Å². The van der Waals surface area contributed by atoms with E-state index in [0.29, 0.717) is 6.10 Å². The lowest BCUT2D eigenvalue weighted by Gasteiger charge is -2.31. The molecule has 0 aliphatic carbocycles. The van der Waals surface area contributed by atoms with Crippen LogP contribution in [0.4, 0.5) is 0 Å². The Hall–Kier alpha value is -0.630. The molecule has 1 aliphatic heterocycles. The van der Waals surface area contributed by atoms with E-state index >= 15 is 0 Å². The first kappa shape index (κ1) is 11.4. The summed E-state index contributed by atoms with van der Waals surface area (Å²) in [5.41, 5.74) is 5.54. The van der Waals surface area contributed by atoms with Gasteiger partial charge < -0.3 is 15.4 Å². The highest BCUT2D eigenvalue weighted by Crippen LogP contribution is 2.12. The van der Waals surface area contributed by atoms with Gasteiger partial charge in [-0.1, -0.05) is 0 Å². The van der Waals surface area contributed by atoms with Crippen LogP contribution in [0.25, 0.3) is 0 Å². The summed E-state index contributed by atoms with van der Waals surface area (Å²) in [5.74, 6) is 0. The minimum Gasteiger partial charge on any atom is -0.380 e. The standard InChI is InChI=1S/C10H19N3O/c1-14-10-3-2-5-13(8-10)6-4-9(12)7-11/h9-10H,2-6,8,12H2,1H3. The third kappa shape index (κ3) is 3.62. The van der Waals surface area contributed by atoms with Gasteiger partial charge in [0.2, 0.25) is 0 Å². The summed E-state index contributed by atoms with van der Waals surface area (Å²) < 4.78 is 5.32. The molecule has 4 nitrogen and oxygen atoms in total. The van der Waals surface area contributed by atoms with Crippen molar-refractivity contribution in [2.75, 3.05) is 26.7 Å². The maximum atomic E-state index is 8.54. The quantitative estimate of drug-likeness (QED) is 0.706. The summed E-state index contributed by atoms with van der Waals surface area (Å²) in [6, 6.07) is 1.73. The van der Waals surface area contributed by atoms with Crippen molar-refractivity contribution in [3.05, 3.63) is 0 Å². The Morgan fingerprint density at radius 1 is 1.71 bits per heavy atom. The van der Waals surface area contributed by atoms with Crippen molar-refractivity contribution in [3.63, 3.8) is 0 Å². The molecule has 14 heavy (non-hydrogen) atoms. The van der Waals surface area contributed by atoms with Gasteiger partial charge in [-0.05, 0) is 25.8 Å². The second-order valence-corrected chi connectivity index (χ2v) is 3.82. The van der Waals surface area contributed by atoms with Gasteiger partial charge in [-0.25, -0.2) is 0 Å². The van der Waals surface area contributed by atoms with Gasteiger partial charge in [0, 0.05) is 20.2 Å². The largest absolute Gasteiger partial charge is 0.380 e. The highest BCUT2D eigenvalue weighted by Gasteiger charge is 2.19. The lowest BCUT2D eigenvalue weighted by atomic mass is 10.1. The SMILES string of the molecule is COC1CCCN(CCC(N)C#N)C1. The molecule has 0 bridgehead atoms. The second kappa shape index (κ2) is 5.97. The van der Waals surface area contributed by atoms with Crippen LogP contribution < -0.4 is 5.73 Å². The second-order valence-electron chi connectivity index (χ2n) is 3.82. The molecular formula is C10H19N3O. The highest BCUT2D eigenvalue weighted by atomic mass is 16.5. The van der Waals surface area contributed by atoms with Gasteiger partial charge in [-0.15, -0.1) is 0 Å². The number of methoxy groups -OCH3 is 1. The first-order chi connectivity index (χ1) is 6.76. The van der Waals surface area contributed by atoms with Crippen molar-refractivity contribution in [2.24, 2.45) is 5.73 Å². The number of rotatable bonds is 4. The average Bonchev–Trinajstić information content (AvgIpc) is 2.26. The number of piperidine rings is 1. The zero-order valence-electron chi connectivity index (χ0n) is 8.78. The molecule has 2 N–H and O–H groups in total. The number of nitrogens with zero attached hydrogens (tertiary/aromatic N) is 2. The summed E-state index contributed by atoms with van der Waals surface area (Å²) >= 11 is 0. The molecule has 0 radical (unpaired) electrons. The van der Waals surface area contributed by atoms with Crippen molar-refractivity contribution in [3.8, 4) is 6.07 Å². The van der Waals surface area contributed by atoms with E-state index in [1.165, 1.54) is 6.42 Å². The Morgan fingerprint density at radius 3 is 3.14 bits per heavy atom. The van der Waals surface area contributed by atoms with E-state index in [1.807, 2.05) is 6.07 Å². The van der Waals surface area contributed by atoms with E-state index in [4.69, 9.17) is 15.7 Å². The number of likely N-dealkylation sites (tertiary alicyclic amines) is 1. The van der Waals surface area contributed by atoms with Crippen molar-refractivity contribution in [1.82, 2.24) is 4.90 Å². The van der Waals surface area contributed by atoms with E-state index in [0.717, 1.165) is 32.5 Å². The Balaban J connectivity index is 2.21. The van der Waals surface area contributed by atoms with Crippen LogP contribution in [0.1, 0.15) is 19.3 Å². The lowest BCUT2D eigenvalue weighted by Crippen LogP contribution is -2.41. The summed E-state index contributed by atoms with van der Waals surface area (Å²) in [6.45, 7) is 3.00. The van der Waals surface area contributed by atoms with Crippen LogP contribution in [-0.2, 0) is 4.74 Å². The fourth-order valence-electron chi connectivity index (χ4n) is 1.79. The van der Waals surface area contributed by atoms with Gasteiger partial charge in [0.15, 0.2) is 0 Å². The Morgan fingerprint density at radius 2 is 2.50 bits per heavy atom. The maximum absolute atomic E-state index is 8.54. The molecule has 0 aromatic carbocycles. The van der Waals surface area contributed by atoms with Crippen LogP contribution in [0.15, 0.2) is 0 Å². The molecule has 1 saturated heterocycles. The molecule has 1 aliphatic rings. The van der Waals surface area contributed by atoms with Gasteiger partial charge >= 0.3 is 0 Å². The first-order valence-electron chi connectivity index (χ1n) is 5.16. The minimum absolute atomic E-state index is 0.321. The maximum Gasteiger partial charge on any atom is 0.0940 e. The topological polar surface area (TPSA) is 62.3 Å². The normalized spacial score (nSPS) is 25.6. The number of hydrogen-bond donors (Lipinski definition) is 1. The van der Waals surface area contributed by atoms with E-state index in [1.54, 1.807) is 7.11 Å².